The Kier molecular flexibility index (Phi) is 10.1. The maximum atomic E-state index is 13.5. The number of rotatable bonds is 13. The van der Waals surface area contributed by atoms with E-state index in [0.717, 1.165) is 23.0 Å². The summed E-state index contributed by atoms with van der Waals surface area (Å²) in [6, 6.07) is 20.5. The van der Waals surface area contributed by atoms with E-state index < -0.39 is 10.0 Å². The highest BCUT2D eigenvalue weighted by Crippen LogP contribution is 2.18. The third-order valence-corrected chi connectivity index (χ3v) is 8.23. The summed E-state index contributed by atoms with van der Waals surface area (Å²) in [5, 5.41) is 0. The van der Waals surface area contributed by atoms with Gasteiger partial charge in [0, 0.05) is 36.0 Å². The number of hydrogen-bond acceptors (Lipinski definition) is 3. The van der Waals surface area contributed by atoms with Crippen LogP contribution in [0.1, 0.15) is 44.4 Å². The summed E-state index contributed by atoms with van der Waals surface area (Å²) in [6.07, 6.45) is 4.45. The Hall–Kier alpha value is -2.42. The molecule has 0 atom stereocenters. The van der Waals surface area contributed by atoms with Gasteiger partial charge in [0.25, 0.3) is 0 Å². The molecule has 1 amide bonds. The maximum absolute atomic E-state index is 13.5. The van der Waals surface area contributed by atoms with Gasteiger partial charge >= 0.3 is 0 Å². The van der Waals surface area contributed by atoms with Crippen molar-refractivity contribution in [3.8, 4) is 0 Å². The Balaban J connectivity index is 1.78. The number of unbranched alkanes of at least 4 members (excludes halogenated alkanes) is 1. The van der Waals surface area contributed by atoms with E-state index >= 15 is 0 Å². The molecule has 1 heterocycles. The number of sulfonamides is 1. The zero-order valence-electron chi connectivity index (χ0n) is 20.4. The Labute approximate surface area is 217 Å². The first-order valence-electron chi connectivity index (χ1n) is 12.1. The van der Waals surface area contributed by atoms with Gasteiger partial charge in [0.15, 0.2) is 0 Å². The lowest BCUT2D eigenvalue weighted by Crippen LogP contribution is -2.43. The number of carbonyl (C=O) groups excluding carboxylic acids is 1. The van der Waals surface area contributed by atoms with Crippen molar-refractivity contribution in [3.63, 3.8) is 0 Å². The molecular formula is C27H34BrN3O3S. The second-order valence-corrected chi connectivity index (χ2v) is 11.4. The highest BCUT2D eigenvalue weighted by atomic mass is 79.9. The third kappa shape index (κ3) is 7.53. The van der Waals surface area contributed by atoms with Crippen molar-refractivity contribution in [2.45, 2.75) is 51.1 Å². The number of carbonyl (C=O) groups is 1. The Morgan fingerprint density at radius 3 is 2.29 bits per heavy atom. The molecule has 3 rings (SSSR count). The van der Waals surface area contributed by atoms with Gasteiger partial charge in [-0.1, -0.05) is 66.5 Å². The first-order chi connectivity index (χ1) is 16.8. The number of halogens is 1. The lowest BCUT2D eigenvalue weighted by Gasteiger charge is -2.27. The summed E-state index contributed by atoms with van der Waals surface area (Å²) in [5.41, 5.74) is 2.19. The second kappa shape index (κ2) is 13.0. The van der Waals surface area contributed by atoms with Crippen molar-refractivity contribution in [1.29, 1.82) is 0 Å². The highest BCUT2D eigenvalue weighted by molar-refractivity contribution is 9.10. The van der Waals surface area contributed by atoms with Crippen LogP contribution in [0.25, 0.3) is 0 Å². The molecule has 0 spiro atoms. The van der Waals surface area contributed by atoms with E-state index in [2.05, 4.69) is 39.6 Å². The summed E-state index contributed by atoms with van der Waals surface area (Å²) >= 11 is 3.47. The van der Waals surface area contributed by atoms with Crippen molar-refractivity contribution in [2.75, 3.05) is 19.6 Å². The van der Waals surface area contributed by atoms with Crippen LogP contribution >= 0.6 is 15.9 Å². The smallest absolute Gasteiger partial charge is 0.243 e. The lowest BCUT2D eigenvalue weighted by atomic mass is 10.2. The molecule has 0 saturated heterocycles. The fourth-order valence-corrected chi connectivity index (χ4v) is 5.66. The molecule has 0 radical (unpaired) electrons. The first-order valence-corrected chi connectivity index (χ1v) is 14.3. The van der Waals surface area contributed by atoms with Crippen LogP contribution in [0.3, 0.4) is 0 Å². The molecular weight excluding hydrogens is 526 g/mol. The standard InChI is InChI=1S/C27H34BrN3O3S/c1-3-5-18-30(21-25-10-9-19-29(25)20-23-13-15-24(28)16-14-23)27(32)22-31(17-4-2)35(33,34)26-11-7-6-8-12-26/h6-16,19H,3-5,17-18,20-22H2,1-2H3. The maximum Gasteiger partial charge on any atom is 0.243 e. The lowest BCUT2D eigenvalue weighted by molar-refractivity contribution is -0.132. The van der Waals surface area contributed by atoms with Gasteiger partial charge < -0.3 is 9.47 Å². The predicted molar refractivity (Wildman–Crippen MR) is 143 cm³/mol. The molecule has 0 fully saturated rings. The van der Waals surface area contributed by atoms with Gasteiger partial charge in [-0.25, -0.2) is 8.42 Å². The van der Waals surface area contributed by atoms with E-state index in [1.165, 1.54) is 9.87 Å². The number of hydrogen-bond donors (Lipinski definition) is 0. The van der Waals surface area contributed by atoms with Crippen LogP contribution in [0.5, 0.6) is 0 Å². The van der Waals surface area contributed by atoms with Crippen LogP contribution in [-0.2, 0) is 27.9 Å². The van der Waals surface area contributed by atoms with Crippen molar-refractivity contribution in [1.82, 2.24) is 13.8 Å². The van der Waals surface area contributed by atoms with Crippen LogP contribution in [0.4, 0.5) is 0 Å². The Morgan fingerprint density at radius 1 is 0.914 bits per heavy atom. The largest absolute Gasteiger partial charge is 0.345 e. The monoisotopic (exact) mass is 559 g/mol. The number of aromatic nitrogens is 1. The number of benzene rings is 2. The molecule has 0 bridgehead atoms. The molecule has 2 aromatic carbocycles. The van der Waals surface area contributed by atoms with Gasteiger partial charge in [0.1, 0.15) is 0 Å². The van der Waals surface area contributed by atoms with E-state index in [4.69, 9.17) is 0 Å². The highest BCUT2D eigenvalue weighted by Gasteiger charge is 2.28. The van der Waals surface area contributed by atoms with Gasteiger partial charge in [-0.05, 0) is 54.8 Å². The minimum absolute atomic E-state index is 0.164. The number of amides is 1. The quantitative estimate of drug-likeness (QED) is 0.276. The van der Waals surface area contributed by atoms with E-state index in [1.807, 2.05) is 37.4 Å². The zero-order valence-corrected chi connectivity index (χ0v) is 22.8. The van der Waals surface area contributed by atoms with Crippen LogP contribution in [0.15, 0.2) is 82.3 Å². The van der Waals surface area contributed by atoms with Gasteiger partial charge in [-0.2, -0.15) is 4.31 Å². The molecule has 0 unspecified atom stereocenters. The van der Waals surface area contributed by atoms with Crippen LogP contribution in [-0.4, -0.2) is 47.7 Å². The molecule has 1 aromatic heterocycles. The fourth-order valence-electron chi connectivity index (χ4n) is 3.90. The molecule has 8 heteroatoms. The summed E-state index contributed by atoms with van der Waals surface area (Å²) in [4.78, 5) is 15.5. The van der Waals surface area contributed by atoms with Crippen LogP contribution in [0.2, 0.25) is 0 Å². The fraction of sp³-hybridized carbons (Fsp3) is 0.370. The van der Waals surface area contributed by atoms with E-state index in [0.29, 0.717) is 32.6 Å². The number of nitrogens with zero attached hydrogens (tertiary/aromatic N) is 3. The van der Waals surface area contributed by atoms with Crippen LogP contribution < -0.4 is 0 Å². The molecule has 0 aliphatic carbocycles. The summed E-state index contributed by atoms with van der Waals surface area (Å²) in [5.74, 6) is -0.178. The summed E-state index contributed by atoms with van der Waals surface area (Å²) in [6.45, 7) is 5.87. The molecule has 0 saturated carbocycles. The summed E-state index contributed by atoms with van der Waals surface area (Å²) in [7, 11) is -3.75. The zero-order chi connectivity index (χ0) is 25.3. The summed E-state index contributed by atoms with van der Waals surface area (Å²) < 4.78 is 31.0. The Bertz CT molecular complexity index is 1180. The first kappa shape index (κ1) is 27.2. The van der Waals surface area contributed by atoms with Crippen molar-refractivity contribution >= 4 is 31.9 Å². The predicted octanol–water partition coefficient (Wildman–Crippen LogP) is 5.53. The Morgan fingerprint density at radius 2 is 1.63 bits per heavy atom. The van der Waals surface area contributed by atoms with Crippen molar-refractivity contribution < 1.29 is 13.2 Å². The molecule has 3 aromatic rings. The minimum Gasteiger partial charge on any atom is -0.345 e. The third-order valence-electron chi connectivity index (χ3n) is 5.84. The average molecular weight is 561 g/mol. The van der Waals surface area contributed by atoms with E-state index in [-0.39, 0.29) is 17.3 Å². The van der Waals surface area contributed by atoms with Gasteiger partial charge in [-0.3, -0.25) is 4.79 Å². The molecule has 0 aliphatic heterocycles. The molecule has 6 nitrogen and oxygen atoms in total. The average Bonchev–Trinajstić information content (AvgIpc) is 3.29. The molecule has 35 heavy (non-hydrogen) atoms. The topological polar surface area (TPSA) is 62.6 Å². The van der Waals surface area contributed by atoms with Gasteiger partial charge in [-0.15, -0.1) is 0 Å². The molecule has 188 valence electrons. The van der Waals surface area contributed by atoms with Crippen LogP contribution in [0, 0.1) is 0 Å². The SMILES string of the molecule is CCCCN(Cc1cccn1Cc1ccc(Br)cc1)C(=O)CN(CCC)S(=O)(=O)c1ccccc1. The van der Waals surface area contributed by atoms with E-state index in [9.17, 15) is 13.2 Å². The molecule has 0 N–H and O–H groups in total. The van der Waals surface area contributed by atoms with Gasteiger partial charge in [0.2, 0.25) is 15.9 Å². The van der Waals surface area contributed by atoms with Crippen molar-refractivity contribution in [3.05, 3.63) is 88.7 Å². The van der Waals surface area contributed by atoms with Crippen molar-refractivity contribution in [2.24, 2.45) is 0 Å². The second-order valence-electron chi connectivity index (χ2n) is 8.57. The molecule has 0 aliphatic rings. The van der Waals surface area contributed by atoms with Gasteiger partial charge in [0.05, 0.1) is 18.0 Å². The normalized spacial score (nSPS) is 11.7. The minimum atomic E-state index is -3.75. The van der Waals surface area contributed by atoms with E-state index in [1.54, 1.807) is 35.2 Å².